The van der Waals surface area contributed by atoms with Gasteiger partial charge in [-0.1, -0.05) is 0 Å². The number of alkyl halides is 3. The highest BCUT2D eigenvalue weighted by molar-refractivity contribution is 5.97. The lowest BCUT2D eigenvalue weighted by Gasteiger charge is -2.16. The summed E-state index contributed by atoms with van der Waals surface area (Å²) in [6.07, 6.45) is -0.390. The summed E-state index contributed by atoms with van der Waals surface area (Å²) < 4.78 is 40.5. The SMILES string of the molecule is N#Cc1ccc(NC(=O)C2(Cn3cc(N)cn3)CC2)cc1C(F)(F)F. The molecule has 0 saturated heterocycles. The van der Waals surface area contributed by atoms with Crippen molar-refractivity contribution < 1.29 is 18.0 Å². The average molecular weight is 349 g/mol. The summed E-state index contributed by atoms with van der Waals surface area (Å²) in [6, 6.07) is 4.61. The van der Waals surface area contributed by atoms with E-state index in [-0.39, 0.29) is 11.6 Å². The van der Waals surface area contributed by atoms with Gasteiger partial charge < -0.3 is 11.1 Å². The van der Waals surface area contributed by atoms with Gasteiger partial charge in [-0.15, -0.1) is 0 Å². The molecule has 1 aromatic heterocycles. The Morgan fingerprint density at radius 1 is 1.44 bits per heavy atom. The molecule has 130 valence electrons. The van der Waals surface area contributed by atoms with Crippen LogP contribution in [0, 0.1) is 16.7 Å². The third kappa shape index (κ3) is 3.42. The maximum atomic E-state index is 13.0. The smallest absolute Gasteiger partial charge is 0.396 e. The monoisotopic (exact) mass is 349 g/mol. The fraction of sp³-hybridized carbons (Fsp3) is 0.312. The van der Waals surface area contributed by atoms with E-state index in [1.165, 1.54) is 18.3 Å². The van der Waals surface area contributed by atoms with Gasteiger partial charge >= 0.3 is 6.18 Å². The lowest BCUT2D eigenvalue weighted by atomic mass is 10.0. The number of carbonyl (C=O) groups excluding carboxylic acids is 1. The van der Waals surface area contributed by atoms with Crippen LogP contribution in [0.25, 0.3) is 0 Å². The van der Waals surface area contributed by atoms with Crippen molar-refractivity contribution in [2.24, 2.45) is 5.41 Å². The third-order valence-corrected chi connectivity index (χ3v) is 4.16. The van der Waals surface area contributed by atoms with Crippen molar-refractivity contribution >= 4 is 17.3 Å². The predicted octanol–water partition coefficient (Wildman–Crippen LogP) is 2.77. The van der Waals surface area contributed by atoms with Crippen molar-refractivity contribution in [2.45, 2.75) is 25.6 Å². The molecule has 3 rings (SSSR count). The second-order valence-corrected chi connectivity index (χ2v) is 6.08. The Kier molecular flexibility index (Phi) is 3.91. The molecular weight excluding hydrogens is 335 g/mol. The fourth-order valence-electron chi connectivity index (χ4n) is 2.60. The number of halogens is 3. The molecular formula is C16H14F3N5O. The molecule has 1 saturated carbocycles. The molecule has 9 heteroatoms. The zero-order valence-corrected chi connectivity index (χ0v) is 13.0. The molecule has 0 atom stereocenters. The largest absolute Gasteiger partial charge is 0.417 e. The van der Waals surface area contributed by atoms with Crippen LogP contribution in [0.5, 0.6) is 0 Å². The van der Waals surface area contributed by atoms with Crippen LogP contribution >= 0.6 is 0 Å². The number of nitrogens with one attached hydrogen (secondary N) is 1. The minimum Gasteiger partial charge on any atom is -0.396 e. The van der Waals surface area contributed by atoms with Gasteiger partial charge in [0.25, 0.3) is 0 Å². The van der Waals surface area contributed by atoms with Crippen LogP contribution in [0.15, 0.2) is 30.6 Å². The van der Waals surface area contributed by atoms with Gasteiger partial charge in [-0.25, -0.2) is 0 Å². The quantitative estimate of drug-likeness (QED) is 0.887. The first kappa shape index (κ1) is 16.8. The molecule has 2 aromatic rings. The molecule has 0 aliphatic heterocycles. The third-order valence-electron chi connectivity index (χ3n) is 4.16. The van der Waals surface area contributed by atoms with E-state index in [4.69, 9.17) is 11.0 Å². The number of aromatic nitrogens is 2. The number of rotatable bonds is 4. The molecule has 1 fully saturated rings. The number of hydrogen-bond donors (Lipinski definition) is 2. The second kappa shape index (κ2) is 5.81. The number of amides is 1. The van der Waals surface area contributed by atoms with Crippen LogP contribution < -0.4 is 11.1 Å². The van der Waals surface area contributed by atoms with Gasteiger partial charge in [-0.3, -0.25) is 9.48 Å². The van der Waals surface area contributed by atoms with Gasteiger partial charge in [0.2, 0.25) is 5.91 Å². The Bertz CT molecular complexity index is 861. The number of anilines is 2. The van der Waals surface area contributed by atoms with Gasteiger partial charge in [0.1, 0.15) is 0 Å². The van der Waals surface area contributed by atoms with Gasteiger partial charge in [0, 0.05) is 11.9 Å². The molecule has 1 aromatic carbocycles. The zero-order chi connectivity index (χ0) is 18.2. The first-order chi connectivity index (χ1) is 11.7. The summed E-state index contributed by atoms with van der Waals surface area (Å²) in [5.41, 5.74) is 3.80. The molecule has 1 amide bonds. The van der Waals surface area contributed by atoms with E-state index < -0.39 is 22.7 Å². The number of nitrogens with zero attached hydrogens (tertiary/aromatic N) is 3. The van der Waals surface area contributed by atoms with Crippen LogP contribution in [0.3, 0.4) is 0 Å². The Morgan fingerprint density at radius 2 is 2.16 bits per heavy atom. The summed E-state index contributed by atoms with van der Waals surface area (Å²) in [7, 11) is 0. The number of nitriles is 1. The molecule has 0 bridgehead atoms. The number of carbonyl (C=O) groups is 1. The normalized spacial score (nSPS) is 15.4. The number of hydrogen-bond acceptors (Lipinski definition) is 4. The minimum absolute atomic E-state index is 0.00239. The highest BCUT2D eigenvalue weighted by Gasteiger charge is 2.50. The van der Waals surface area contributed by atoms with Crippen molar-refractivity contribution in [3.05, 3.63) is 41.7 Å². The summed E-state index contributed by atoms with van der Waals surface area (Å²) in [5.74, 6) is -0.376. The predicted molar refractivity (Wildman–Crippen MR) is 83.1 cm³/mol. The lowest BCUT2D eigenvalue weighted by molar-refractivity contribution is -0.137. The van der Waals surface area contributed by atoms with Crippen molar-refractivity contribution in [2.75, 3.05) is 11.1 Å². The molecule has 1 aliphatic carbocycles. The standard InChI is InChI=1S/C16H14F3N5O/c17-16(18,19)13-5-12(2-1-10(13)6-20)23-14(25)15(3-4-15)9-24-8-11(21)7-22-24/h1-2,5,7-8H,3-4,9,21H2,(H,23,25). The van der Waals surface area contributed by atoms with Crippen LogP contribution in [0.4, 0.5) is 24.5 Å². The maximum Gasteiger partial charge on any atom is 0.417 e. The fourth-order valence-corrected chi connectivity index (χ4v) is 2.60. The van der Waals surface area contributed by atoms with E-state index in [1.54, 1.807) is 10.9 Å². The Balaban J connectivity index is 1.78. The van der Waals surface area contributed by atoms with E-state index >= 15 is 0 Å². The summed E-state index contributed by atoms with van der Waals surface area (Å²) in [5, 5.41) is 15.3. The Labute approximate surface area is 141 Å². The maximum absolute atomic E-state index is 13.0. The zero-order valence-electron chi connectivity index (χ0n) is 13.0. The van der Waals surface area contributed by atoms with E-state index in [0.717, 1.165) is 12.1 Å². The highest BCUT2D eigenvalue weighted by atomic mass is 19.4. The summed E-state index contributed by atoms with van der Waals surface area (Å²) in [4.78, 5) is 12.5. The van der Waals surface area contributed by atoms with Crippen molar-refractivity contribution in [1.82, 2.24) is 9.78 Å². The molecule has 1 aliphatic rings. The number of nitrogen functional groups attached to an aromatic ring is 1. The molecule has 1 heterocycles. The van der Waals surface area contributed by atoms with E-state index in [9.17, 15) is 18.0 Å². The molecule has 0 radical (unpaired) electrons. The minimum atomic E-state index is -4.67. The topological polar surface area (TPSA) is 96.7 Å². The van der Waals surface area contributed by atoms with Crippen LogP contribution in [-0.4, -0.2) is 15.7 Å². The van der Waals surface area contributed by atoms with Crippen molar-refractivity contribution in [3.63, 3.8) is 0 Å². The molecule has 25 heavy (non-hydrogen) atoms. The van der Waals surface area contributed by atoms with Crippen LogP contribution in [0.1, 0.15) is 24.0 Å². The Hall–Kier alpha value is -3.02. The van der Waals surface area contributed by atoms with Gasteiger partial charge in [0.15, 0.2) is 0 Å². The summed E-state index contributed by atoms with van der Waals surface area (Å²) in [6.45, 7) is 0.304. The highest BCUT2D eigenvalue weighted by Crippen LogP contribution is 2.48. The first-order valence-electron chi connectivity index (χ1n) is 7.44. The lowest BCUT2D eigenvalue weighted by Crippen LogP contribution is -2.28. The van der Waals surface area contributed by atoms with Gasteiger partial charge in [-0.05, 0) is 31.0 Å². The molecule has 0 spiro atoms. The number of nitrogens with two attached hydrogens (primary N) is 1. The second-order valence-electron chi connectivity index (χ2n) is 6.08. The Morgan fingerprint density at radius 3 is 2.68 bits per heavy atom. The summed E-state index contributed by atoms with van der Waals surface area (Å²) >= 11 is 0. The van der Waals surface area contributed by atoms with Crippen molar-refractivity contribution in [3.8, 4) is 6.07 Å². The molecule has 3 N–H and O–H groups in total. The molecule has 6 nitrogen and oxygen atoms in total. The van der Waals surface area contributed by atoms with Gasteiger partial charge in [-0.2, -0.15) is 23.5 Å². The average Bonchev–Trinajstić information content (AvgIpc) is 3.22. The number of benzene rings is 1. The van der Waals surface area contributed by atoms with Crippen LogP contribution in [0.2, 0.25) is 0 Å². The van der Waals surface area contributed by atoms with E-state index in [0.29, 0.717) is 25.1 Å². The van der Waals surface area contributed by atoms with E-state index in [2.05, 4.69) is 10.4 Å². The van der Waals surface area contributed by atoms with Gasteiger partial charge in [0.05, 0.1) is 41.0 Å². The molecule has 0 unspecified atom stereocenters. The van der Waals surface area contributed by atoms with Crippen molar-refractivity contribution in [1.29, 1.82) is 5.26 Å². The van der Waals surface area contributed by atoms with Crippen LogP contribution in [-0.2, 0) is 17.5 Å². The first-order valence-corrected chi connectivity index (χ1v) is 7.44. The van der Waals surface area contributed by atoms with E-state index in [1.807, 2.05) is 0 Å².